The molecule has 3 atom stereocenters. The maximum atomic E-state index is 11.9. The predicted octanol–water partition coefficient (Wildman–Crippen LogP) is 3.51. The van der Waals surface area contributed by atoms with Crippen molar-refractivity contribution in [2.24, 2.45) is 7.05 Å². The summed E-state index contributed by atoms with van der Waals surface area (Å²) in [6, 6.07) is 4.00. The molecule has 5 rings (SSSR count). The van der Waals surface area contributed by atoms with Crippen LogP contribution in [0.5, 0.6) is 0 Å². The summed E-state index contributed by atoms with van der Waals surface area (Å²) < 4.78 is 18.7. The molecule has 11 nitrogen and oxygen atoms in total. The topological polar surface area (TPSA) is 128 Å². The second-order valence-corrected chi connectivity index (χ2v) is 9.59. The number of pyridine rings is 1. The fourth-order valence-electron chi connectivity index (χ4n) is 4.81. The Labute approximate surface area is 203 Å². The molecule has 1 amide bonds. The number of hydrogen-bond acceptors (Lipinski definition) is 8. The molecule has 0 radical (unpaired) electrons. The number of anilines is 2. The third-order valence-corrected chi connectivity index (χ3v) is 6.50. The Balaban J connectivity index is 1.24. The molecule has 11 heteroatoms. The number of rotatable bonds is 8. The number of H-pyrrole nitrogens is 1. The molecule has 1 saturated carbocycles. The van der Waals surface area contributed by atoms with Crippen molar-refractivity contribution in [1.29, 1.82) is 0 Å². The summed E-state index contributed by atoms with van der Waals surface area (Å²) in [5, 5.41) is 18.5. The van der Waals surface area contributed by atoms with Gasteiger partial charge in [-0.3, -0.25) is 14.8 Å². The van der Waals surface area contributed by atoms with Crippen LogP contribution in [0.15, 0.2) is 18.3 Å². The summed E-state index contributed by atoms with van der Waals surface area (Å²) in [7, 11) is 1.90. The number of nitrogens with one attached hydrogen (secondary N) is 3. The molecule has 1 aliphatic carbocycles. The highest BCUT2D eigenvalue weighted by molar-refractivity contribution is 5.91. The van der Waals surface area contributed by atoms with Crippen LogP contribution in [-0.4, -0.2) is 62.5 Å². The SMILES string of the molecule is CC(C)NC(=O)OC1CCC(c2cc(Nc3ccnc4c(COC5CCOC5)nn(C)c34)n[nH]2)C1. The number of aryl methyl sites for hydroxylation is 1. The molecule has 3 unspecified atom stereocenters. The summed E-state index contributed by atoms with van der Waals surface area (Å²) in [6.07, 6.45) is 4.92. The number of aromatic nitrogens is 5. The van der Waals surface area contributed by atoms with Crippen LogP contribution in [0.4, 0.5) is 16.3 Å². The van der Waals surface area contributed by atoms with Crippen LogP contribution in [-0.2, 0) is 27.9 Å². The van der Waals surface area contributed by atoms with Gasteiger partial charge in [-0.15, -0.1) is 0 Å². The lowest BCUT2D eigenvalue weighted by molar-refractivity contribution is 0.0304. The van der Waals surface area contributed by atoms with E-state index in [9.17, 15) is 4.79 Å². The minimum absolute atomic E-state index is 0.0607. The van der Waals surface area contributed by atoms with Crippen LogP contribution in [0.25, 0.3) is 11.0 Å². The third kappa shape index (κ3) is 5.40. The number of carbonyl (C=O) groups is 1. The molecule has 188 valence electrons. The Morgan fingerprint density at radius 1 is 1.31 bits per heavy atom. The molecule has 0 aromatic carbocycles. The zero-order chi connectivity index (χ0) is 24.4. The average Bonchev–Trinajstić information content (AvgIpc) is 3.60. The van der Waals surface area contributed by atoms with Gasteiger partial charge in [0.25, 0.3) is 0 Å². The molecule has 4 heterocycles. The van der Waals surface area contributed by atoms with Crippen LogP contribution >= 0.6 is 0 Å². The molecular weight excluding hydrogens is 450 g/mol. The smallest absolute Gasteiger partial charge is 0.407 e. The lowest BCUT2D eigenvalue weighted by Crippen LogP contribution is -2.33. The van der Waals surface area contributed by atoms with Gasteiger partial charge in [-0.2, -0.15) is 10.2 Å². The maximum Gasteiger partial charge on any atom is 0.407 e. The number of hydrogen-bond donors (Lipinski definition) is 3. The Kier molecular flexibility index (Phi) is 6.87. The summed E-state index contributed by atoms with van der Waals surface area (Å²) >= 11 is 0. The molecule has 3 aromatic rings. The number of alkyl carbamates (subject to hydrolysis) is 1. The van der Waals surface area contributed by atoms with Crippen LogP contribution in [0.2, 0.25) is 0 Å². The first-order valence-corrected chi connectivity index (χ1v) is 12.3. The van der Waals surface area contributed by atoms with E-state index in [4.69, 9.17) is 14.2 Å². The third-order valence-electron chi connectivity index (χ3n) is 6.50. The van der Waals surface area contributed by atoms with Crippen molar-refractivity contribution in [3.05, 3.63) is 29.7 Å². The van der Waals surface area contributed by atoms with Crippen molar-refractivity contribution in [1.82, 2.24) is 30.3 Å². The highest BCUT2D eigenvalue weighted by Gasteiger charge is 2.30. The van der Waals surface area contributed by atoms with Crippen molar-refractivity contribution in [2.45, 2.75) is 70.3 Å². The normalized spacial score (nSPS) is 22.2. The molecule has 0 spiro atoms. The van der Waals surface area contributed by atoms with E-state index >= 15 is 0 Å². The van der Waals surface area contributed by atoms with Gasteiger partial charge in [-0.05, 0) is 45.6 Å². The zero-order valence-corrected chi connectivity index (χ0v) is 20.4. The summed E-state index contributed by atoms with van der Waals surface area (Å²) in [4.78, 5) is 16.5. The largest absolute Gasteiger partial charge is 0.446 e. The van der Waals surface area contributed by atoms with Gasteiger partial charge in [0.1, 0.15) is 22.8 Å². The lowest BCUT2D eigenvalue weighted by atomic mass is 10.0. The first kappa shape index (κ1) is 23.6. The van der Waals surface area contributed by atoms with E-state index in [-0.39, 0.29) is 30.3 Å². The van der Waals surface area contributed by atoms with Crippen LogP contribution < -0.4 is 10.6 Å². The molecule has 2 aliphatic rings. The van der Waals surface area contributed by atoms with Gasteiger partial charge in [0.15, 0.2) is 5.82 Å². The predicted molar refractivity (Wildman–Crippen MR) is 130 cm³/mol. The molecule has 3 aromatic heterocycles. The van der Waals surface area contributed by atoms with Crippen molar-refractivity contribution in [2.75, 3.05) is 18.5 Å². The van der Waals surface area contributed by atoms with E-state index in [1.165, 1.54) is 0 Å². The van der Waals surface area contributed by atoms with Gasteiger partial charge in [-0.1, -0.05) is 0 Å². The first-order chi connectivity index (χ1) is 17.0. The lowest BCUT2D eigenvalue weighted by Gasteiger charge is -2.14. The Morgan fingerprint density at radius 2 is 2.20 bits per heavy atom. The van der Waals surface area contributed by atoms with Crippen molar-refractivity contribution < 1.29 is 19.0 Å². The minimum Gasteiger partial charge on any atom is -0.446 e. The summed E-state index contributed by atoms with van der Waals surface area (Å²) in [5.74, 6) is 0.990. The number of ether oxygens (including phenoxy) is 3. The van der Waals surface area contributed by atoms with E-state index < -0.39 is 0 Å². The highest BCUT2D eigenvalue weighted by atomic mass is 16.6. The molecule has 1 aliphatic heterocycles. The number of aromatic amines is 1. The fraction of sp³-hybridized carbons (Fsp3) is 0.583. The van der Waals surface area contributed by atoms with Gasteiger partial charge in [0, 0.05) is 43.6 Å². The highest BCUT2D eigenvalue weighted by Crippen LogP contribution is 2.36. The second kappa shape index (κ2) is 10.2. The molecule has 2 fully saturated rings. The molecule has 0 bridgehead atoms. The van der Waals surface area contributed by atoms with E-state index in [1.807, 2.05) is 37.7 Å². The number of fused-ring (bicyclic) bond motifs is 1. The minimum atomic E-state index is -0.350. The molecule has 1 saturated heterocycles. The van der Waals surface area contributed by atoms with E-state index in [2.05, 4.69) is 30.9 Å². The first-order valence-electron chi connectivity index (χ1n) is 12.3. The van der Waals surface area contributed by atoms with Crippen LogP contribution in [0.1, 0.15) is 56.8 Å². The van der Waals surface area contributed by atoms with Crippen molar-refractivity contribution in [3.8, 4) is 0 Å². The van der Waals surface area contributed by atoms with Gasteiger partial charge < -0.3 is 24.8 Å². The standard InChI is InChI=1S/C24H33N7O4/c1-14(2)26-24(32)35-16-5-4-15(10-16)19-11-21(29-28-19)27-18-6-8-25-22-20(30-31(3)23(18)22)13-34-17-7-9-33-12-17/h6,8,11,14-17H,4-5,7,9-10,12-13H2,1-3H3,(H,26,32)(H2,25,27,28,29). The average molecular weight is 484 g/mol. The summed E-state index contributed by atoms with van der Waals surface area (Å²) in [5.41, 5.74) is 4.41. The number of carbonyl (C=O) groups excluding carboxylic acids is 1. The van der Waals surface area contributed by atoms with Crippen LogP contribution in [0.3, 0.4) is 0 Å². The van der Waals surface area contributed by atoms with Gasteiger partial charge in [0.05, 0.1) is 25.0 Å². The van der Waals surface area contributed by atoms with Crippen molar-refractivity contribution >= 4 is 28.6 Å². The number of nitrogens with zero attached hydrogens (tertiary/aromatic N) is 4. The van der Waals surface area contributed by atoms with Gasteiger partial charge in [0.2, 0.25) is 0 Å². The van der Waals surface area contributed by atoms with Crippen LogP contribution in [0, 0.1) is 0 Å². The maximum absolute atomic E-state index is 11.9. The molecular formula is C24H33N7O4. The zero-order valence-electron chi connectivity index (χ0n) is 20.4. The Hall–Kier alpha value is -3.18. The second-order valence-electron chi connectivity index (χ2n) is 9.59. The Bertz CT molecular complexity index is 1170. The molecule has 35 heavy (non-hydrogen) atoms. The van der Waals surface area contributed by atoms with Gasteiger partial charge in [-0.25, -0.2) is 4.79 Å². The van der Waals surface area contributed by atoms with E-state index in [0.29, 0.717) is 13.2 Å². The number of amides is 1. The Morgan fingerprint density at radius 3 is 3.00 bits per heavy atom. The summed E-state index contributed by atoms with van der Waals surface area (Å²) in [6.45, 7) is 5.61. The van der Waals surface area contributed by atoms with E-state index in [0.717, 1.165) is 66.2 Å². The quantitative estimate of drug-likeness (QED) is 0.444. The monoisotopic (exact) mass is 483 g/mol. The molecule has 3 N–H and O–H groups in total. The fourth-order valence-corrected chi connectivity index (χ4v) is 4.81. The van der Waals surface area contributed by atoms with Crippen molar-refractivity contribution in [3.63, 3.8) is 0 Å². The van der Waals surface area contributed by atoms with Gasteiger partial charge >= 0.3 is 6.09 Å². The van der Waals surface area contributed by atoms with E-state index in [1.54, 1.807) is 6.20 Å².